The van der Waals surface area contributed by atoms with E-state index >= 15 is 0 Å². The zero-order valence-electron chi connectivity index (χ0n) is 17.5. The van der Waals surface area contributed by atoms with Crippen LogP contribution in [-0.4, -0.2) is 61.9 Å². The van der Waals surface area contributed by atoms with E-state index < -0.39 is 18.4 Å². The monoisotopic (exact) mass is 435 g/mol. The Morgan fingerprint density at radius 3 is 2.84 bits per heavy atom. The first-order valence-electron chi connectivity index (χ1n) is 10.1. The van der Waals surface area contributed by atoms with Gasteiger partial charge in [-0.15, -0.1) is 0 Å². The van der Waals surface area contributed by atoms with E-state index in [1.165, 1.54) is 10.7 Å². The van der Waals surface area contributed by atoms with Gasteiger partial charge in [-0.05, 0) is 23.2 Å². The van der Waals surface area contributed by atoms with E-state index in [2.05, 4.69) is 25.0 Å². The fraction of sp³-hybridized carbons (Fsp3) is 0.350. The van der Waals surface area contributed by atoms with Gasteiger partial charge in [0.05, 0.1) is 30.8 Å². The van der Waals surface area contributed by atoms with Crippen LogP contribution in [0.1, 0.15) is 12.6 Å². The first kappa shape index (κ1) is 20.1. The standard InChI is InChI=1S/C20H21N9O3/c1-27(2)12-5-3-11(4-6-12)14-8-28-19(31)17-18(24-20(28)23-14)29(10-22-17)16-7-13(25-26-21)15(9-30)32-16/h3-6,8,10,13,15-16,30H,7,9H2,1-2H3,(H,23,24)/t13-,15+,16+/m0/s1. The van der Waals surface area contributed by atoms with Crippen LogP contribution in [0.25, 0.3) is 38.6 Å². The Bertz CT molecular complexity index is 1400. The van der Waals surface area contributed by atoms with Crippen molar-refractivity contribution in [3.8, 4) is 11.3 Å². The lowest BCUT2D eigenvalue weighted by Gasteiger charge is -2.13. The largest absolute Gasteiger partial charge is 0.394 e. The van der Waals surface area contributed by atoms with Gasteiger partial charge < -0.3 is 19.7 Å². The highest BCUT2D eigenvalue weighted by atomic mass is 16.5. The molecule has 4 aromatic rings. The number of ether oxygens (including phenoxy) is 1. The zero-order valence-corrected chi connectivity index (χ0v) is 17.5. The predicted molar refractivity (Wildman–Crippen MR) is 117 cm³/mol. The molecule has 0 amide bonds. The number of rotatable bonds is 5. The molecule has 12 heteroatoms. The minimum Gasteiger partial charge on any atom is -0.394 e. The lowest BCUT2D eigenvalue weighted by molar-refractivity contribution is -0.0232. The molecule has 0 spiro atoms. The lowest BCUT2D eigenvalue weighted by atomic mass is 10.1. The molecule has 2 N–H and O–H groups in total. The summed E-state index contributed by atoms with van der Waals surface area (Å²) in [6, 6.07) is 7.43. The van der Waals surface area contributed by atoms with E-state index in [0.29, 0.717) is 17.8 Å². The number of nitrogens with one attached hydrogen (secondary N) is 1. The van der Waals surface area contributed by atoms with Crippen molar-refractivity contribution in [2.75, 3.05) is 25.6 Å². The Morgan fingerprint density at radius 2 is 2.16 bits per heavy atom. The number of aliphatic hydroxyl groups excluding tert-OH is 1. The van der Waals surface area contributed by atoms with Crippen LogP contribution < -0.4 is 10.5 Å². The van der Waals surface area contributed by atoms with Gasteiger partial charge in [-0.1, -0.05) is 17.2 Å². The molecule has 0 aliphatic carbocycles. The molecule has 164 valence electrons. The summed E-state index contributed by atoms with van der Waals surface area (Å²) in [6.07, 6.45) is 2.35. The molecule has 0 unspecified atom stereocenters. The average molecular weight is 435 g/mol. The molecular weight excluding hydrogens is 414 g/mol. The third-order valence-electron chi connectivity index (χ3n) is 5.72. The van der Waals surface area contributed by atoms with Gasteiger partial charge in [-0.25, -0.2) is 9.38 Å². The second kappa shape index (κ2) is 7.68. The van der Waals surface area contributed by atoms with E-state index in [1.54, 1.807) is 10.8 Å². The van der Waals surface area contributed by atoms with Crippen molar-refractivity contribution in [1.29, 1.82) is 0 Å². The van der Waals surface area contributed by atoms with Gasteiger partial charge in [-0.3, -0.25) is 9.36 Å². The van der Waals surface area contributed by atoms with Crippen molar-refractivity contribution in [2.45, 2.75) is 24.8 Å². The minimum atomic E-state index is -0.625. The molecule has 1 fully saturated rings. The van der Waals surface area contributed by atoms with Crippen LogP contribution in [0, 0.1) is 0 Å². The maximum Gasteiger partial charge on any atom is 0.287 e. The van der Waals surface area contributed by atoms with Crippen LogP contribution in [0.2, 0.25) is 0 Å². The number of H-pyrrole nitrogens is 1. The van der Waals surface area contributed by atoms with Gasteiger partial charge in [0.1, 0.15) is 6.23 Å². The molecule has 0 saturated carbocycles. The highest BCUT2D eigenvalue weighted by Gasteiger charge is 2.36. The number of anilines is 1. The number of benzene rings is 1. The normalized spacial score (nSPS) is 20.7. The minimum absolute atomic E-state index is 0.201. The summed E-state index contributed by atoms with van der Waals surface area (Å²) in [5, 5.41) is 13.2. The smallest absolute Gasteiger partial charge is 0.287 e. The van der Waals surface area contributed by atoms with Crippen molar-refractivity contribution >= 4 is 22.6 Å². The summed E-state index contributed by atoms with van der Waals surface area (Å²) >= 11 is 0. The van der Waals surface area contributed by atoms with Gasteiger partial charge in [0, 0.05) is 37.3 Å². The van der Waals surface area contributed by atoms with Crippen molar-refractivity contribution < 1.29 is 9.84 Å². The van der Waals surface area contributed by atoms with E-state index in [9.17, 15) is 9.90 Å². The first-order valence-corrected chi connectivity index (χ1v) is 10.1. The Hall–Kier alpha value is -3.86. The summed E-state index contributed by atoms with van der Waals surface area (Å²) < 4.78 is 8.90. The maximum atomic E-state index is 13.1. The van der Waals surface area contributed by atoms with Gasteiger partial charge in [0.15, 0.2) is 11.2 Å². The molecule has 32 heavy (non-hydrogen) atoms. The average Bonchev–Trinajstić information content (AvgIpc) is 3.51. The molecule has 1 aliphatic rings. The number of hydrogen-bond donors (Lipinski definition) is 2. The third-order valence-corrected chi connectivity index (χ3v) is 5.72. The molecule has 1 aromatic carbocycles. The van der Waals surface area contributed by atoms with Gasteiger partial charge >= 0.3 is 0 Å². The predicted octanol–water partition coefficient (Wildman–Crippen LogP) is 2.06. The molecule has 4 heterocycles. The summed E-state index contributed by atoms with van der Waals surface area (Å²) in [7, 11) is 3.95. The Kier molecular flexibility index (Phi) is 4.82. The molecule has 12 nitrogen and oxygen atoms in total. The molecule has 3 aromatic heterocycles. The van der Waals surface area contributed by atoms with Gasteiger partial charge in [0.2, 0.25) is 5.78 Å². The molecule has 0 bridgehead atoms. The number of aliphatic hydroxyl groups is 1. The second-order valence-corrected chi connectivity index (χ2v) is 7.86. The van der Waals surface area contributed by atoms with Gasteiger partial charge in [-0.2, -0.15) is 4.98 Å². The summed E-state index contributed by atoms with van der Waals surface area (Å²) in [5.41, 5.74) is 11.8. The molecule has 1 saturated heterocycles. The van der Waals surface area contributed by atoms with Crippen LogP contribution in [0.5, 0.6) is 0 Å². The van der Waals surface area contributed by atoms with Crippen molar-refractivity contribution in [2.24, 2.45) is 5.11 Å². The second-order valence-electron chi connectivity index (χ2n) is 7.86. The van der Waals surface area contributed by atoms with E-state index in [1.807, 2.05) is 43.3 Å². The van der Waals surface area contributed by atoms with Crippen LogP contribution in [0.4, 0.5) is 5.69 Å². The summed E-state index contributed by atoms with van der Waals surface area (Å²) in [6.45, 7) is -0.278. The topological polar surface area (TPSA) is 149 Å². The van der Waals surface area contributed by atoms with Gasteiger partial charge in [0.25, 0.3) is 5.56 Å². The Morgan fingerprint density at radius 1 is 1.38 bits per heavy atom. The highest BCUT2D eigenvalue weighted by Crippen LogP contribution is 2.32. The Labute approximate surface area is 181 Å². The van der Waals surface area contributed by atoms with Crippen LogP contribution >= 0.6 is 0 Å². The SMILES string of the molecule is CN(C)c1ccc(-c2cn3c(=O)c4ncn([C@H]5C[C@H](N=[N+]=[N-])[C@@H](CO)O5)c4nc3[nH]2)cc1. The van der Waals surface area contributed by atoms with Crippen molar-refractivity contribution in [1.82, 2.24) is 23.9 Å². The molecule has 0 radical (unpaired) electrons. The summed E-state index contributed by atoms with van der Waals surface area (Å²) in [4.78, 5) is 30.0. The van der Waals surface area contributed by atoms with E-state index in [0.717, 1.165) is 16.9 Å². The van der Waals surface area contributed by atoms with E-state index in [-0.39, 0.29) is 17.7 Å². The number of aromatic amines is 1. The quantitative estimate of drug-likeness (QED) is 0.278. The number of fused-ring (bicyclic) bond motifs is 2. The number of nitrogens with zero attached hydrogens (tertiary/aromatic N) is 8. The molecule has 3 atom stereocenters. The summed E-state index contributed by atoms with van der Waals surface area (Å²) in [5.74, 6) is 0.374. The molecular formula is C20H21N9O3. The van der Waals surface area contributed by atoms with E-state index in [4.69, 9.17) is 10.3 Å². The zero-order chi connectivity index (χ0) is 22.4. The van der Waals surface area contributed by atoms with Crippen molar-refractivity contribution in [3.63, 3.8) is 0 Å². The first-order chi connectivity index (χ1) is 15.5. The van der Waals surface area contributed by atoms with Crippen molar-refractivity contribution in [3.05, 3.63) is 57.6 Å². The number of hydrogen-bond acceptors (Lipinski definition) is 7. The maximum absolute atomic E-state index is 13.1. The highest BCUT2D eigenvalue weighted by molar-refractivity contribution is 5.73. The van der Waals surface area contributed by atoms with Crippen LogP contribution in [0.15, 0.2) is 46.7 Å². The fourth-order valence-corrected chi connectivity index (χ4v) is 4.01. The van der Waals surface area contributed by atoms with Crippen LogP contribution in [-0.2, 0) is 4.74 Å². The molecule has 5 rings (SSSR count). The number of azide groups is 1. The van der Waals surface area contributed by atoms with Crippen LogP contribution in [0.3, 0.4) is 0 Å². The lowest BCUT2D eigenvalue weighted by Crippen LogP contribution is -2.23. The number of aromatic nitrogens is 5. The third kappa shape index (κ3) is 3.17. The number of imidazole rings is 2. The fourth-order valence-electron chi connectivity index (χ4n) is 4.01. The Balaban J connectivity index is 1.56. The molecule has 1 aliphatic heterocycles.